The lowest BCUT2D eigenvalue weighted by Gasteiger charge is -2.43. The Hall–Kier alpha value is -1.38. The second-order valence-electron chi connectivity index (χ2n) is 7.62. The number of hydrogen-bond acceptors (Lipinski definition) is 2. The first-order chi connectivity index (χ1) is 11.1. The van der Waals surface area contributed by atoms with Gasteiger partial charge in [-0.2, -0.15) is 0 Å². The lowest BCUT2D eigenvalue weighted by Crippen LogP contribution is -2.47. The molecule has 0 bridgehead atoms. The monoisotopic (exact) mass is 328 g/mol. The third-order valence-corrected chi connectivity index (χ3v) is 4.33. The fourth-order valence-corrected chi connectivity index (χ4v) is 3.57. The fraction of sp³-hybridized carbons (Fsp3) is 0.545. The van der Waals surface area contributed by atoms with Crippen LogP contribution in [0.25, 0.3) is 5.57 Å². The molecule has 132 valence electrons. The third-order valence-electron chi connectivity index (χ3n) is 4.33. The minimum absolute atomic E-state index is 0.103. The van der Waals surface area contributed by atoms with Crippen LogP contribution in [0.15, 0.2) is 35.9 Å². The molecule has 0 amide bonds. The summed E-state index contributed by atoms with van der Waals surface area (Å²) in [7, 11) is 0. The molecule has 0 fully saturated rings. The first-order valence-electron chi connectivity index (χ1n) is 8.99. The van der Waals surface area contributed by atoms with Gasteiger partial charge in [-0.05, 0) is 65.2 Å². The van der Waals surface area contributed by atoms with Gasteiger partial charge < -0.3 is 9.47 Å². The maximum absolute atomic E-state index is 6.31. The van der Waals surface area contributed by atoms with Crippen LogP contribution in [-0.4, -0.2) is 18.0 Å². The molecule has 0 spiro atoms. The smallest absolute Gasteiger partial charge is 0.197 e. The van der Waals surface area contributed by atoms with Crippen molar-refractivity contribution in [3.05, 3.63) is 52.6 Å². The van der Waals surface area contributed by atoms with Crippen molar-refractivity contribution in [1.29, 1.82) is 0 Å². The van der Waals surface area contributed by atoms with Gasteiger partial charge in [0, 0.05) is 5.92 Å². The van der Waals surface area contributed by atoms with Crippen molar-refractivity contribution in [2.24, 2.45) is 5.92 Å². The third kappa shape index (κ3) is 3.99. The minimum Gasteiger partial charge on any atom is -0.343 e. The van der Waals surface area contributed by atoms with Crippen molar-refractivity contribution in [2.75, 3.05) is 0 Å². The standard InChI is InChI=1S/C22H32O2/c1-14(2)23-22(24-15(3)4)18(7)12-21(13-19(22)8)20-10-16(5)9-17(6)11-20/h9-15,18H,1-8H3. The number of allylic oxidation sites excluding steroid dienone is 2. The molecular weight excluding hydrogens is 296 g/mol. The zero-order chi connectivity index (χ0) is 18.1. The molecule has 1 aromatic rings. The summed E-state index contributed by atoms with van der Waals surface area (Å²) >= 11 is 0. The largest absolute Gasteiger partial charge is 0.343 e. The summed E-state index contributed by atoms with van der Waals surface area (Å²) in [5.41, 5.74) is 6.23. The lowest BCUT2D eigenvalue weighted by molar-refractivity contribution is -0.262. The summed E-state index contributed by atoms with van der Waals surface area (Å²) in [5.74, 6) is -0.534. The summed E-state index contributed by atoms with van der Waals surface area (Å²) in [6.07, 6.45) is 4.71. The van der Waals surface area contributed by atoms with Crippen LogP contribution < -0.4 is 0 Å². The average Bonchev–Trinajstić information content (AvgIpc) is 2.41. The average molecular weight is 328 g/mol. The van der Waals surface area contributed by atoms with Crippen molar-refractivity contribution in [1.82, 2.24) is 0 Å². The minimum atomic E-state index is -0.676. The predicted octanol–water partition coefficient (Wildman–Crippen LogP) is 5.83. The second kappa shape index (κ2) is 7.25. The Kier molecular flexibility index (Phi) is 5.72. The maximum atomic E-state index is 6.31. The molecule has 2 nitrogen and oxygen atoms in total. The van der Waals surface area contributed by atoms with E-state index in [0.717, 1.165) is 5.57 Å². The van der Waals surface area contributed by atoms with Gasteiger partial charge in [-0.25, -0.2) is 0 Å². The van der Waals surface area contributed by atoms with E-state index in [9.17, 15) is 0 Å². The van der Waals surface area contributed by atoms with E-state index in [2.05, 4.69) is 85.7 Å². The molecule has 2 heteroatoms. The fourth-order valence-electron chi connectivity index (χ4n) is 3.57. The normalized spacial score (nSPS) is 20.3. The van der Waals surface area contributed by atoms with Gasteiger partial charge in [0.2, 0.25) is 0 Å². The SMILES string of the molecule is CC1=CC(c2cc(C)cc(C)c2)=CC(C)C1(OC(C)C)OC(C)C. The first-order valence-corrected chi connectivity index (χ1v) is 8.99. The molecule has 1 aliphatic carbocycles. The molecule has 0 saturated carbocycles. The molecule has 0 aliphatic heterocycles. The zero-order valence-corrected chi connectivity index (χ0v) is 16.4. The Morgan fingerprint density at radius 2 is 1.38 bits per heavy atom. The molecule has 0 saturated heterocycles. The highest BCUT2D eigenvalue weighted by Crippen LogP contribution is 2.41. The van der Waals surface area contributed by atoms with Gasteiger partial charge >= 0.3 is 0 Å². The highest BCUT2D eigenvalue weighted by atomic mass is 16.7. The van der Waals surface area contributed by atoms with Crippen LogP contribution in [0.1, 0.15) is 58.2 Å². The van der Waals surface area contributed by atoms with E-state index in [4.69, 9.17) is 9.47 Å². The summed E-state index contributed by atoms with van der Waals surface area (Å²) in [4.78, 5) is 0. The van der Waals surface area contributed by atoms with Crippen LogP contribution in [0.4, 0.5) is 0 Å². The Bertz CT molecular complexity index is 620. The van der Waals surface area contributed by atoms with Crippen molar-refractivity contribution in [3.8, 4) is 0 Å². The molecule has 24 heavy (non-hydrogen) atoms. The van der Waals surface area contributed by atoms with Crippen molar-refractivity contribution in [3.63, 3.8) is 0 Å². The van der Waals surface area contributed by atoms with E-state index in [1.807, 2.05) is 0 Å². The van der Waals surface area contributed by atoms with Gasteiger partial charge in [-0.3, -0.25) is 0 Å². The number of aryl methyl sites for hydroxylation is 2. The molecule has 0 N–H and O–H groups in total. The van der Waals surface area contributed by atoms with E-state index < -0.39 is 5.79 Å². The molecule has 1 aromatic carbocycles. The van der Waals surface area contributed by atoms with E-state index >= 15 is 0 Å². The molecule has 1 aliphatic rings. The lowest BCUT2D eigenvalue weighted by atomic mass is 9.83. The van der Waals surface area contributed by atoms with Gasteiger partial charge in [0.1, 0.15) is 0 Å². The van der Waals surface area contributed by atoms with Crippen LogP contribution in [0.2, 0.25) is 0 Å². The molecule has 0 radical (unpaired) electrons. The van der Waals surface area contributed by atoms with Gasteiger partial charge in [0.15, 0.2) is 5.79 Å². The summed E-state index contributed by atoms with van der Waals surface area (Å²) in [5, 5.41) is 0. The topological polar surface area (TPSA) is 18.5 Å². The zero-order valence-electron chi connectivity index (χ0n) is 16.4. The first kappa shape index (κ1) is 19.0. The molecule has 0 heterocycles. The Balaban J connectivity index is 2.45. The van der Waals surface area contributed by atoms with E-state index in [1.165, 1.54) is 22.3 Å². The number of ether oxygens (including phenoxy) is 2. The molecule has 1 atom stereocenters. The predicted molar refractivity (Wildman–Crippen MR) is 102 cm³/mol. The number of rotatable bonds is 5. The van der Waals surface area contributed by atoms with E-state index in [-0.39, 0.29) is 18.1 Å². The summed E-state index contributed by atoms with van der Waals surface area (Å²) in [6.45, 7) is 16.9. The van der Waals surface area contributed by atoms with Crippen LogP contribution in [-0.2, 0) is 9.47 Å². The van der Waals surface area contributed by atoms with E-state index in [1.54, 1.807) is 0 Å². The second-order valence-corrected chi connectivity index (χ2v) is 7.62. The molecule has 0 aromatic heterocycles. The Morgan fingerprint density at radius 3 is 1.79 bits per heavy atom. The molecular formula is C22H32O2. The highest BCUT2D eigenvalue weighted by molar-refractivity contribution is 5.77. The van der Waals surface area contributed by atoms with Crippen molar-refractivity contribution < 1.29 is 9.47 Å². The number of hydrogen-bond donors (Lipinski definition) is 0. The van der Waals surface area contributed by atoms with Crippen LogP contribution in [0.5, 0.6) is 0 Å². The number of benzene rings is 1. The molecule has 2 rings (SSSR count). The maximum Gasteiger partial charge on any atom is 0.197 e. The van der Waals surface area contributed by atoms with Crippen molar-refractivity contribution in [2.45, 2.75) is 73.4 Å². The van der Waals surface area contributed by atoms with Gasteiger partial charge in [-0.1, -0.05) is 48.4 Å². The molecule has 1 unspecified atom stereocenters. The quantitative estimate of drug-likeness (QED) is 0.633. The van der Waals surface area contributed by atoms with E-state index in [0.29, 0.717) is 0 Å². The highest BCUT2D eigenvalue weighted by Gasteiger charge is 2.43. The Morgan fingerprint density at radius 1 is 0.875 bits per heavy atom. The summed E-state index contributed by atoms with van der Waals surface area (Å²) < 4.78 is 12.6. The van der Waals surface area contributed by atoms with Gasteiger partial charge in [0.25, 0.3) is 0 Å². The van der Waals surface area contributed by atoms with Gasteiger partial charge in [-0.15, -0.1) is 0 Å². The van der Waals surface area contributed by atoms with Gasteiger partial charge in [0.05, 0.1) is 12.2 Å². The van der Waals surface area contributed by atoms with Crippen LogP contribution in [0, 0.1) is 19.8 Å². The summed E-state index contributed by atoms with van der Waals surface area (Å²) in [6, 6.07) is 6.70. The van der Waals surface area contributed by atoms with Crippen LogP contribution in [0.3, 0.4) is 0 Å². The Labute approximate surface area is 147 Å². The van der Waals surface area contributed by atoms with Crippen molar-refractivity contribution >= 4 is 5.57 Å². The van der Waals surface area contributed by atoms with Crippen LogP contribution >= 0.6 is 0 Å².